The van der Waals surface area contributed by atoms with Crippen molar-refractivity contribution in [1.82, 2.24) is 4.90 Å². The largest absolute Gasteiger partial charge is 0.329 e. The molecule has 0 spiro atoms. The molecule has 0 radical (unpaired) electrons. The number of amides is 1. The minimum absolute atomic E-state index is 0.0749. The van der Waals surface area contributed by atoms with Gasteiger partial charge in [0.25, 0.3) is 5.91 Å². The fraction of sp³-hybridized carbons (Fsp3) is 0.471. The van der Waals surface area contributed by atoms with Crippen LogP contribution in [0.3, 0.4) is 0 Å². The molecule has 0 saturated carbocycles. The molecular formula is C17H19Cl2NO. The van der Waals surface area contributed by atoms with Crippen LogP contribution in [-0.4, -0.2) is 23.4 Å². The predicted molar refractivity (Wildman–Crippen MR) is 87.7 cm³/mol. The van der Waals surface area contributed by atoms with Crippen molar-refractivity contribution in [3.05, 3.63) is 33.8 Å². The first-order chi connectivity index (χ1) is 10.0. The Labute approximate surface area is 136 Å². The Morgan fingerprint density at radius 3 is 2.76 bits per heavy atom. The number of piperidine rings is 1. The molecule has 1 heterocycles. The van der Waals surface area contributed by atoms with Crippen LogP contribution in [0.5, 0.6) is 0 Å². The van der Waals surface area contributed by atoms with Gasteiger partial charge in [0, 0.05) is 24.9 Å². The molecule has 2 nitrogen and oxygen atoms in total. The van der Waals surface area contributed by atoms with Crippen LogP contribution in [-0.2, 0) is 4.79 Å². The minimum Gasteiger partial charge on any atom is -0.329 e. The van der Waals surface area contributed by atoms with Crippen LogP contribution in [0.25, 0.3) is 0 Å². The van der Waals surface area contributed by atoms with E-state index in [1.165, 1.54) is 0 Å². The molecule has 21 heavy (non-hydrogen) atoms. The number of halogens is 2. The summed E-state index contributed by atoms with van der Waals surface area (Å²) in [6.45, 7) is 4.71. The quantitative estimate of drug-likeness (QED) is 0.697. The van der Waals surface area contributed by atoms with Gasteiger partial charge in [0.05, 0.1) is 10.0 Å². The Kier molecular flexibility index (Phi) is 5.56. The van der Waals surface area contributed by atoms with E-state index in [1.54, 1.807) is 0 Å². The van der Waals surface area contributed by atoms with Crippen molar-refractivity contribution in [1.29, 1.82) is 0 Å². The van der Waals surface area contributed by atoms with Gasteiger partial charge < -0.3 is 4.90 Å². The maximum absolute atomic E-state index is 12.2. The van der Waals surface area contributed by atoms with E-state index in [0.717, 1.165) is 18.4 Å². The van der Waals surface area contributed by atoms with Crippen molar-refractivity contribution in [2.45, 2.75) is 45.1 Å². The number of hydrogen-bond donors (Lipinski definition) is 0. The highest BCUT2D eigenvalue weighted by molar-refractivity contribution is 6.42. The van der Waals surface area contributed by atoms with Crippen LogP contribution in [0.1, 0.15) is 44.6 Å². The van der Waals surface area contributed by atoms with Crippen molar-refractivity contribution in [2.24, 2.45) is 0 Å². The topological polar surface area (TPSA) is 20.3 Å². The third kappa shape index (κ3) is 3.93. The Balaban J connectivity index is 2.16. The number of rotatable bonds is 1. The summed E-state index contributed by atoms with van der Waals surface area (Å²) in [6.07, 6.45) is 2.72. The van der Waals surface area contributed by atoms with Crippen LogP contribution >= 0.6 is 23.2 Å². The van der Waals surface area contributed by atoms with Gasteiger partial charge in [-0.15, -0.1) is 0 Å². The van der Waals surface area contributed by atoms with Crippen molar-refractivity contribution in [3.8, 4) is 11.8 Å². The molecule has 4 heteroatoms. The average molecular weight is 324 g/mol. The summed E-state index contributed by atoms with van der Waals surface area (Å²) in [4.78, 5) is 14.0. The van der Waals surface area contributed by atoms with Crippen molar-refractivity contribution >= 4 is 29.1 Å². The summed E-state index contributed by atoms with van der Waals surface area (Å²) in [5.74, 6) is 5.79. The summed E-state index contributed by atoms with van der Waals surface area (Å²) in [5, 5.41) is 1.13. The zero-order valence-corrected chi connectivity index (χ0v) is 13.8. The molecule has 2 rings (SSSR count). The van der Waals surface area contributed by atoms with E-state index in [0.29, 0.717) is 28.9 Å². The van der Waals surface area contributed by atoms with Gasteiger partial charge >= 0.3 is 0 Å². The predicted octanol–water partition coefficient (Wildman–Crippen LogP) is 4.50. The smallest absolute Gasteiger partial charge is 0.298 e. The summed E-state index contributed by atoms with van der Waals surface area (Å²) < 4.78 is 0. The molecule has 0 unspecified atom stereocenters. The lowest BCUT2D eigenvalue weighted by Gasteiger charge is -2.37. The molecule has 0 aliphatic carbocycles. The van der Waals surface area contributed by atoms with E-state index in [4.69, 9.17) is 23.2 Å². The number of nitrogens with zero attached hydrogens (tertiary/aromatic N) is 1. The molecule has 1 aromatic carbocycles. The van der Waals surface area contributed by atoms with Crippen molar-refractivity contribution in [2.75, 3.05) is 6.54 Å². The first kappa shape index (κ1) is 16.2. The summed E-state index contributed by atoms with van der Waals surface area (Å²) >= 11 is 12.1. The van der Waals surface area contributed by atoms with Crippen molar-refractivity contribution < 1.29 is 4.79 Å². The third-order valence-electron chi connectivity index (χ3n) is 3.93. The zero-order valence-electron chi connectivity index (χ0n) is 12.3. The van der Waals surface area contributed by atoms with E-state index >= 15 is 0 Å². The Bertz CT molecular complexity index is 588. The fourth-order valence-electron chi connectivity index (χ4n) is 2.66. The lowest BCUT2D eigenvalue weighted by atomic mass is 9.87. The second-order valence-electron chi connectivity index (χ2n) is 5.41. The Morgan fingerprint density at radius 2 is 2.10 bits per heavy atom. The summed E-state index contributed by atoms with van der Waals surface area (Å²) in [5.41, 5.74) is 1.14. The molecule has 1 amide bonds. The van der Waals surface area contributed by atoms with Crippen LogP contribution in [0, 0.1) is 11.8 Å². The maximum atomic E-state index is 12.2. The molecule has 1 fully saturated rings. The van der Waals surface area contributed by atoms with Gasteiger partial charge in [-0.2, -0.15) is 0 Å². The first-order valence-corrected chi connectivity index (χ1v) is 8.03. The lowest BCUT2D eigenvalue weighted by Crippen LogP contribution is -2.44. The summed E-state index contributed by atoms with van der Waals surface area (Å²) in [6, 6.07) is 5.96. The van der Waals surface area contributed by atoms with Gasteiger partial charge in [-0.1, -0.05) is 42.1 Å². The van der Waals surface area contributed by atoms with Gasteiger partial charge in [-0.3, -0.25) is 4.79 Å². The second-order valence-corrected chi connectivity index (χ2v) is 6.22. The van der Waals surface area contributed by atoms with Gasteiger partial charge in [-0.25, -0.2) is 0 Å². The standard InChI is InChI=1S/C17H19Cl2NO/c1-3-4-5-17(21)20-11-14(7-6-12(20)2)13-8-9-15(18)16(19)10-13/h8-10,12,14H,3,6-7,11H2,1-2H3/t12-,14-/m1/s1. The van der Waals surface area contributed by atoms with Gasteiger partial charge in [0.15, 0.2) is 0 Å². The number of likely N-dealkylation sites (tertiary alicyclic amines) is 1. The van der Waals surface area contributed by atoms with Gasteiger partial charge in [-0.05, 0) is 43.4 Å². The lowest BCUT2D eigenvalue weighted by molar-refractivity contribution is -0.128. The highest BCUT2D eigenvalue weighted by Crippen LogP contribution is 2.33. The molecule has 2 atom stereocenters. The van der Waals surface area contributed by atoms with E-state index < -0.39 is 0 Å². The molecular weight excluding hydrogens is 305 g/mol. The Morgan fingerprint density at radius 1 is 1.33 bits per heavy atom. The van der Waals surface area contributed by atoms with E-state index in [2.05, 4.69) is 18.8 Å². The van der Waals surface area contributed by atoms with Crippen LogP contribution in [0.2, 0.25) is 10.0 Å². The maximum Gasteiger partial charge on any atom is 0.298 e. The van der Waals surface area contributed by atoms with E-state index in [9.17, 15) is 4.79 Å². The minimum atomic E-state index is -0.0749. The SMILES string of the molecule is CCC#CC(=O)N1C[C@H](c2ccc(Cl)c(Cl)c2)CC[C@H]1C. The molecule has 0 N–H and O–H groups in total. The van der Waals surface area contributed by atoms with Crippen LogP contribution < -0.4 is 0 Å². The zero-order chi connectivity index (χ0) is 15.4. The van der Waals surface area contributed by atoms with Crippen LogP contribution in [0.4, 0.5) is 0 Å². The van der Waals surface area contributed by atoms with Crippen molar-refractivity contribution in [3.63, 3.8) is 0 Å². The molecule has 0 bridgehead atoms. The number of carbonyl (C=O) groups excluding carboxylic acids is 1. The molecule has 1 aliphatic heterocycles. The molecule has 1 aliphatic rings. The molecule has 1 saturated heterocycles. The fourth-order valence-corrected chi connectivity index (χ4v) is 2.97. The monoisotopic (exact) mass is 323 g/mol. The summed E-state index contributed by atoms with van der Waals surface area (Å²) in [7, 11) is 0. The van der Waals surface area contributed by atoms with Gasteiger partial charge in [0.2, 0.25) is 0 Å². The first-order valence-electron chi connectivity index (χ1n) is 7.27. The number of benzene rings is 1. The second kappa shape index (κ2) is 7.20. The van der Waals surface area contributed by atoms with E-state index in [1.807, 2.05) is 30.0 Å². The molecule has 1 aromatic rings. The van der Waals surface area contributed by atoms with E-state index in [-0.39, 0.29) is 11.9 Å². The Hall–Kier alpha value is -1.17. The number of hydrogen-bond acceptors (Lipinski definition) is 1. The molecule has 0 aromatic heterocycles. The molecule has 112 valence electrons. The van der Waals surface area contributed by atoms with Crippen LogP contribution in [0.15, 0.2) is 18.2 Å². The normalized spacial score (nSPS) is 21.6. The highest BCUT2D eigenvalue weighted by atomic mass is 35.5. The highest BCUT2D eigenvalue weighted by Gasteiger charge is 2.29. The third-order valence-corrected chi connectivity index (χ3v) is 4.67. The number of carbonyl (C=O) groups is 1. The average Bonchev–Trinajstić information content (AvgIpc) is 2.48. The van der Waals surface area contributed by atoms with Gasteiger partial charge in [0.1, 0.15) is 0 Å².